The predicted molar refractivity (Wildman–Crippen MR) is 262 cm³/mol. The smallest absolute Gasteiger partial charge is 0.411 e. The SMILES string of the molecule is C=C.COC(=O)NCC[C@]1(c2ccc(F)cc2)CCN([C@@H](C)c2ccc(-c3ccc(F)cc3F)cc2)C(=O)O1.C[C@@H](c1ccc(-c2ccc(F)cc2F)cc1)N1CC[C@](CCN)(c2ccc(F)cc2)OC1=O. The van der Waals surface area contributed by atoms with Gasteiger partial charge >= 0.3 is 18.3 Å². The number of nitrogens with zero attached hydrogens (tertiary/aromatic N) is 2. The molecule has 8 rings (SSSR count). The molecule has 0 aliphatic carbocycles. The molecule has 2 fully saturated rings. The first-order valence-electron chi connectivity index (χ1n) is 23.2. The highest BCUT2D eigenvalue weighted by molar-refractivity contribution is 5.72. The third-order valence-electron chi connectivity index (χ3n) is 13.0. The van der Waals surface area contributed by atoms with Crippen molar-refractivity contribution in [2.24, 2.45) is 5.73 Å². The molecule has 2 aliphatic rings. The van der Waals surface area contributed by atoms with E-state index in [4.69, 9.17) is 15.2 Å². The molecule has 72 heavy (non-hydrogen) atoms. The van der Waals surface area contributed by atoms with Crippen molar-refractivity contribution < 1.29 is 54.9 Å². The van der Waals surface area contributed by atoms with E-state index in [1.165, 1.54) is 55.6 Å². The Bertz CT molecular complexity index is 2800. The molecular formula is C56H56F6N4O6. The number of halogens is 6. The van der Waals surface area contributed by atoms with Gasteiger partial charge in [-0.3, -0.25) is 0 Å². The first-order chi connectivity index (χ1) is 34.5. The Morgan fingerprint density at radius 2 is 0.986 bits per heavy atom. The Balaban J connectivity index is 0.000000229. The maximum Gasteiger partial charge on any atom is 0.411 e. The van der Waals surface area contributed by atoms with E-state index in [0.29, 0.717) is 61.2 Å². The van der Waals surface area contributed by atoms with Gasteiger partial charge in [0, 0.05) is 68.6 Å². The van der Waals surface area contributed by atoms with Crippen LogP contribution in [0.3, 0.4) is 0 Å². The summed E-state index contributed by atoms with van der Waals surface area (Å²) in [6.07, 6.45) is 0.0244. The van der Waals surface area contributed by atoms with Crippen molar-refractivity contribution in [2.45, 2.75) is 62.8 Å². The summed E-state index contributed by atoms with van der Waals surface area (Å²) in [5, 5.41) is 2.60. The molecule has 2 aliphatic heterocycles. The molecule has 10 nitrogen and oxygen atoms in total. The lowest BCUT2D eigenvalue weighted by Crippen LogP contribution is -2.49. The summed E-state index contributed by atoms with van der Waals surface area (Å²) < 4.78 is 98.2. The fourth-order valence-corrected chi connectivity index (χ4v) is 8.96. The second-order valence-corrected chi connectivity index (χ2v) is 17.2. The fourth-order valence-electron chi connectivity index (χ4n) is 8.96. The quantitative estimate of drug-likeness (QED) is 0.0671. The van der Waals surface area contributed by atoms with Crippen molar-refractivity contribution in [3.05, 3.63) is 204 Å². The minimum Gasteiger partial charge on any atom is -0.453 e. The Hall–Kier alpha value is -7.59. The van der Waals surface area contributed by atoms with Crippen molar-refractivity contribution in [2.75, 3.05) is 33.3 Å². The lowest BCUT2D eigenvalue weighted by molar-refractivity contribution is -0.0652. The molecule has 4 atom stereocenters. The van der Waals surface area contributed by atoms with Gasteiger partial charge in [-0.2, -0.15) is 0 Å². The fraction of sp³-hybridized carbons (Fsp3) is 0.268. The molecule has 6 aromatic carbocycles. The molecular weight excluding hydrogens is 939 g/mol. The number of nitrogens with one attached hydrogen (secondary N) is 1. The molecule has 0 radical (unpaired) electrons. The van der Waals surface area contributed by atoms with Crippen LogP contribution >= 0.6 is 0 Å². The zero-order valence-electron chi connectivity index (χ0n) is 40.1. The highest BCUT2D eigenvalue weighted by atomic mass is 19.2. The van der Waals surface area contributed by atoms with E-state index in [2.05, 4.69) is 23.2 Å². The van der Waals surface area contributed by atoms with Crippen molar-refractivity contribution in [1.82, 2.24) is 15.1 Å². The summed E-state index contributed by atoms with van der Waals surface area (Å²) in [6.45, 7) is 11.0. The Labute approximate surface area is 415 Å². The van der Waals surface area contributed by atoms with Crippen LogP contribution in [0.4, 0.5) is 40.7 Å². The highest BCUT2D eigenvalue weighted by Gasteiger charge is 2.44. The van der Waals surface area contributed by atoms with E-state index in [1.807, 2.05) is 26.0 Å². The number of hydrogen-bond acceptors (Lipinski definition) is 7. The lowest BCUT2D eigenvalue weighted by Gasteiger charge is -2.43. The number of amides is 3. The number of cyclic esters (lactones) is 2. The van der Waals surface area contributed by atoms with Gasteiger partial charge < -0.3 is 35.1 Å². The number of carbonyl (C=O) groups is 3. The number of rotatable bonds is 13. The number of methoxy groups -OCH3 is 1. The first kappa shape index (κ1) is 53.8. The summed E-state index contributed by atoms with van der Waals surface area (Å²) in [5.41, 5.74) is 8.66. The molecule has 378 valence electrons. The Morgan fingerprint density at radius 1 is 0.611 bits per heavy atom. The second kappa shape index (κ2) is 24.0. The predicted octanol–water partition coefficient (Wildman–Crippen LogP) is 13.0. The van der Waals surface area contributed by atoms with Crippen molar-refractivity contribution in [1.29, 1.82) is 0 Å². The number of hydrogen-bond donors (Lipinski definition) is 2. The van der Waals surface area contributed by atoms with Gasteiger partial charge in [0.15, 0.2) is 0 Å². The number of ether oxygens (including phenoxy) is 3. The molecule has 0 unspecified atom stereocenters. The average Bonchev–Trinajstić information content (AvgIpc) is 3.37. The lowest BCUT2D eigenvalue weighted by atomic mass is 9.85. The van der Waals surface area contributed by atoms with E-state index < -0.39 is 58.6 Å². The zero-order chi connectivity index (χ0) is 52.2. The molecule has 0 spiro atoms. The summed E-state index contributed by atoms with van der Waals surface area (Å²) >= 11 is 0. The van der Waals surface area contributed by atoms with Crippen LogP contribution < -0.4 is 11.1 Å². The first-order valence-corrected chi connectivity index (χ1v) is 23.2. The highest BCUT2D eigenvalue weighted by Crippen LogP contribution is 2.41. The van der Waals surface area contributed by atoms with Gasteiger partial charge in [0.2, 0.25) is 0 Å². The topological polar surface area (TPSA) is 123 Å². The number of nitrogens with two attached hydrogens (primary N) is 1. The second-order valence-electron chi connectivity index (χ2n) is 17.2. The maximum atomic E-state index is 14.2. The van der Waals surface area contributed by atoms with E-state index in [-0.39, 0.29) is 36.4 Å². The van der Waals surface area contributed by atoms with Crippen molar-refractivity contribution >= 4 is 18.3 Å². The molecule has 16 heteroatoms. The zero-order valence-corrected chi connectivity index (χ0v) is 40.1. The average molecular weight is 995 g/mol. The van der Waals surface area contributed by atoms with E-state index in [0.717, 1.165) is 28.8 Å². The summed E-state index contributed by atoms with van der Waals surface area (Å²) in [6, 6.07) is 32.1. The molecule has 3 N–H and O–H groups in total. The summed E-state index contributed by atoms with van der Waals surface area (Å²) in [5.74, 6) is -3.33. The van der Waals surface area contributed by atoms with Gasteiger partial charge in [0.05, 0.1) is 19.2 Å². The van der Waals surface area contributed by atoms with Gasteiger partial charge in [-0.1, -0.05) is 72.8 Å². The largest absolute Gasteiger partial charge is 0.453 e. The van der Waals surface area contributed by atoms with E-state index in [9.17, 15) is 40.7 Å². The van der Waals surface area contributed by atoms with Gasteiger partial charge in [0.1, 0.15) is 46.1 Å². The Morgan fingerprint density at radius 3 is 1.33 bits per heavy atom. The van der Waals surface area contributed by atoms with Gasteiger partial charge in [-0.15, -0.1) is 13.2 Å². The van der Waals surface area contributed by atoms with Gasteiger partial charge in [0.25, 0.3) is 0 Å². The van der Waals surface area contributed by atoms with Crippen LogP contribution in [0.1, 0.15) is 73.9 Å². The summed E-state index contributed by atoms with van der Waals surface area (Å²) in [4.78, 5) is 41.0. The third kappa shape index (κ3) is 12.5. The summed E-state index contributed by atoms with van der Waals surface area (Å²) in [7, 11) is 1.26. The molecule has 0 bridgehead atoms. The standard InChI is InChI=1S/C28H27F3N2O4.C26H25F3N2O2.C2H4/c1-18(19-3-5-20(6-4-19)24-12-11-23(30)17-25(24)31)33-16-14-28(37-27(33)35,13-15-32-26(34)36-2)21-7-9-22(29)10-8-21;1-17(18-2-4-19(5-3-18)23-11-10-22(28)16-24(23)29)31-15-13-26(12-14-30,33-25(31)32)20-6-8-21(27)9-7-20;1-2/h3-12,17-18H,13-16H2,1-2H3,(H,32,34);2-11,16-17H,12-15,30H2,1H3;1-2H2/t18-,28+;17-,26+;/m00./s1. The minimum atomic E-state index is -1.05. The molecule has 6 aromatic rings. The number of benzene rings is 6. The monoisotopic (exact) mass is 994 g/mol. The van der Waals surface area contributed by atoms with Crippen molar-refractivity contribution in [3.8, 4) is 22.3 Å². The van der Waals surface area contributed by atoms with E-state index in [1.54, 1.807) is 70.5 Å². The van der Waals surface area contributed by atoms with Crippen LogP contribution in [0.25, 0.3) is 22.3 Å². The van der Waals surface area contributed by atoms with Gasteiger partial charge in [-0.05, 0) is 102 Å². The van der Waals surface area contributed by atoms with Crippen LogP contribution in [-0.4, -0.2) is 61.4 Å². The molecule has 0 aromatic heterocycles. The number of alkyl carbamates (subject to hydrolysis) is 1. The number of carbonyl (C=O) groups excluding carboxylic acids is 3. The van der Waals surface area contributed by atoms with Crippen LogP contribution in [0.5, 0.6) is 0 Å². The Kier molecular flexibility index (Phi) is 17.9. The molecule has 3 amide bonds. The molecule has 0 saturated carbocycles. The van der Waals surface area contributed by atoms with Crippen LogP contribution in [-0.2, 0) is 25.4 Å². The normalized spacial score (nSPS) is 18.2. The van der Waals surface area contributed by atoms with Crippen LogP contribution in [0.15, 0.2) is 147 Å². The van der Waals surface area contributed by atoms with Crippen molar-refractivity contribution in [3.63, 3.8) is 0 Å². The minimum absolute atomic E-state index is 0.189. The van der Waals surface area contributed by atoms with E-state index >= 15 is 0 Å². The maximum absolute atomic E-state index is 14.2. The van der Waals surface area contributed by atoms with Gasteiger partial charge in [-0.25, -0.2) is 40.7 Å². The third-order valence-corrected chi connectivity index (χ3v) is 13.0. The van der Waals surface area contributed by atoms with Crippen LogP contribution in [0.2, 0.25) is 0 Å². The molecule has 2 saturated heterocycles. The van der Waals surface area contributed by atoms with Crippen LogP contribution in [0, 0.1) is 34.9 Å². The molecule has 2 heterocycles.